The summed E-state index contributed by atoms with van der Waals surface area (Å²) in [6.45, 7) is 16.3. The number of carbonyl (C=O) groups excluding carboxylic acids is 4. The Labute approximate surface area is 261 Å². The van der Waals surface area contributed by atoms with Crippen LogP contribution in [0.5, 0.6) is 0 Å². The molecule has 0 unspecified atom stereocenters. The van der Waals surface area contributed by atoms with E-state index >= 15 is 0 Å². The van der Waals surface area contributed by atoms with Crippen molar-refractivity contribution in [2.45, 2.75) is 92.5 Å². The monoisotopic (exact) mass is 625 g/mol. The maximum absolute atomic E-state index is 14.9. The lowest BCUT2D eigenvalue weighted by atomic mass is 10.0. The molecule has 2 heterocycles. The topological polar surface area (TPSA) is 141 Å². The highest BCUT2D eigenvalue weighted by Gasteiger charge is 2.39. The Morgan fingerprint density at radius 1 is 0.778 bits per heavy atom. The third kappa shape index (κ3) is 8.70. The number of amides is 4. The summed E-state index contributed by atoms with van der Waals surface area (Å²) in [7, 11) is 0. The highest BCUT2D eigenvalue weighted by Crippen LogP contribution is 2.37. The normalized spacial score (nSPS) is 12.0. The van der Waals surface area contributed by atoms with Crippen molar-refractivity contribution >= 4 is 40.6 Å². The largest absolute Gasteiger partial charge is 0.443 e. The minimum Gasteiger partial charge on any atom is -0.443 e. The number of rotatable bonds is 5. The van der Waals surface area contributed by atoms with Gasteiger partial charge in [-0.05, 0) is 68.7 Å². The van der Waals surface area contributed by atoms with Crippen LogP contribution in [0.3, 0.4) is 0 Å². The van der Waals surface area contributed by atoms with Gasteiger partial charge in [-0.15, -0.1) is 0 Å². The van der Waals surface area contributed by atoms with Crippen molar-refractivity contribution in [3.05, 3.63) is 48.4 Å². The van der Waals surface area contributed by atoms with Crippen molar-refractivity contribution < 1.29 is 37.8 Å². The third-order valence-corrected chi connectivity index (χ3v) is 5.72. The lowest BCUT2D eigenvalue weighted by Crippen LogP contribution is -2.46. The second-order valence-electron chi connectivity index (χ2n) is 13.2. The number of pyridine rings is 1. The van der Waals surface area contributed by atoms with Gasteiger partial charge in [0.25, 0.3) is 5.91 Å². The van der Waals surface area contributed by atoms with Gasteiger partial charge in [0.15, 0.2) is 11.5 Å². The van der Waals surface area contributed by atoms with E-state index in [-0.39, 0.29) is 34.3 Å². The summed E-state index contributed by atoms with van der Waals surface area (Å²) in [6, 6.07) is 4.62. The van der Waals surface area contributed by atoms with Crippen LogP contribution in [0.15, 0.2) is 36.9 Å². The maximum Gasteiger partial charge on any atom is 0.424 e. The summed E-state index contributed by atoms with van der Waals surface area (Å²) in [5.74, 6) is -1.68. The van der Waals surface area contributed by atoms with Gasteiger partial charge in [-0.3, -0.25) is 4.79 Å². The van der Waals surface area contributed by atoms with Crippen LogP contribution < -0.4 is 4.90 Å². The molecule has 0 aliphatic rings. The summed E-state index contributed by atoms with van der Waals surface area (Å²) in [6.07, 6.45) is 0.527. The number of hydrogen-bond donors (Lipinski definition) is 0. The molecule has 3 rings (SSSR count). The molecule has 242 valence electrons. The number of nitrogens with zero attached hydrogens (tertiary/aromatic N) is 5. The highest BCUT2D eigenvalue weighted by atomic mass is 19.1. The predicted octanol–water partition coefficient (Wildman–Crippen LogP) is 7.29. The Bertz CT molecular complexity index is 1580. The fourth-order valence-corrected chi connectivity index (χ4v) is 4.15. The van der Waals surface area contributed by atoms with E-state index < -0.39 is 52.5 Å². The van der Waals surface area contributed by atoms with Crippen molar-refractivity contribution in [3.63, 3.8) is 0 Å². The van der Waals surface area contributed by atoms with Crippen molar-refractivity contribution in [1.82, 2.24) is 19.9 Å². The quantitative estimate of drug-likeness (QED) is 0.265. The molecule has 0 fully saturated rings. The zero-order valence-corrected chi connectivity index (χ0v) is 27.4. The van der Waals surface area contributed by atoms with Gasteiger partial charge in [-0.25, -0.2) is 38.6 Å². The zero-order chi connectivity index (χ0) is 33.9. The molecule has 0 aliphatic carbocycles. The summed E-state index contributed by atoms with van der Waals surface area (Å²) in [5.41, 5.74) is -3.69. The van der Waals surface area contributed by atoms with E-state index in [0.717, 1.165) is 11.1 Å². The van der Waals surface area contributed by atoms with Crippen LogP contribution in [0.4, 0.5) is 24.5 Å². The SMILES string of the molecule is CCCN(C(=O)OC(C)(C)C)C(=O)c1ncc2c(-c3ncncc3F)cccc2c1N(C(=O)OC(C)(C)C)C(=O)OC(C)(C)C. The molecule has 4 amide bonds. The van der Waals surface area contributed by atoms with E-state index in [2.05, 4.69) is 15.0 Å². The molecule has 12 nitrogen and oxygen atoms in total. The van der Waals surface area contributed by atoms with Gasteiger partial charge in [0.2, 0.25) is 0 Å². The molecular formula is C32H40FN5O7. The standard InChI is InChI=1S/C32H40FN5O7/c1-11-15-37(27(40)43-30(2,3)4)26(39)24-25(38(28(41)44-31(5,6)7)29(42)45-32(8,9)10)20-14-12-13-19(21(20)16-35-24)23-22(33)17-34-18-36-23/h12-14,16-18H,11,15H2,1-10H3. The van der Waals surface area contributed by atoms with Crippen LogP contribution in [0, 0.1) is 5.82 Å². The van der Waals surface area contributed by atoms with Crippen molar-refractivity contribution in [2.75, 3.05) is 11.4 Å². The van der Waals surface area contributed by atoms with E-state index in [9.17, 15) is 23.6 Å². The first-order chi connectivity index (χ1) is 20.7. The molecule has 0 radical (unpaired) electrons. The number of aromatic nitrogens is 3. The average molecular weight is 626 g/mol. The van der Waals surface area contributed by atoms with Crippen molar-refractivity contribution in [2.24, 2.45) is 0 Å². The number of ether oxygens (including phenoxy) is 3. The van der Waals surface area contributed by atoms with Crippen LogP contribution in [-0.2, 0) is 14.2 Å². The summed E-state index contributed by atoms with van der Waals surface area (Å²) < 4.78 is 31.6. The van der Waals surface area contributed by atoms with E-state index in [1.165, 1.54) is 24.7 Å². The molecule has 3 aromatic rings. The fourth-order valence-electron chi connectivity index (χ4n) is 4.15. The lowest BCUT2D eigenvalue weighted by Gasteiger charge is -2.31. The Balaban J connectivity index is 2.44. The Kier molecular flexibility index (Phi) is 10.2. The third-order valence-electron chi connectivity index (χ3n) is 5.72. The lowest BCUT2D eigenvalue weighted by molar-refractivity contribution is 0.0239. The number of fused-ring (bicyclic) bond motifs is 1. The van der Waals surface area contributed by atoms with E-state index in [0.29, 0.717) is 11.3 Å². The Morgan fingerprint density at radius 3 is 1.84 bits per heavy atom. The highest BCUT2D eigenvalue weighted by molar-refractivity contribution is 6.21. The molecular weight excluding hydrogens is 585 g/mol. The molecule has 2 aromatic heterocycles. The summed E-state index contributed by atoms with van der Waals surface area (Å²) >= 11 is 0. The van der Waals surface area contributed by atoms with Gasteiger partial charge < -0.3 is 14.2 Å². The number of halogens is 1. The number of benzene rings is 1. The molecule has 0 spiro atoms. The van der Waals surface area contributed by atoms with Crippen LogP contribution >= 0.6 is 0 Å². The number of imide groups is 2. The van der Waals surface area contributed by atoms with Crippen molar-refractivity contribution in [1.29, 1.82) is 0 Å². The van der Waals surface area contributed by atoms with E-state index in [4.69, 9.17) is 14.2 Å². The fraction of sp³-hybridized carbons (Fsp3) is 0.469. The van der Waals surface area contributed by atoms with Crippen LogP contribution in [0.2, 0.25) is 0 Å². The predicted molar refractivity (Wildman–Crippen MR) is 165 cm³/mol. The van der Waals surface area contributed by atoms with Gasteiger partial charge in [-0.1, -0.05) is 25.1 Å². The first-order valence-electron chi connectivity index (χ1n) is 14.4. The van der Waals surface area contributed by atoms with Gasteiger partial charge >= 0.3 is 18.3 Å². The first-order valence-corrected chi connectivity index (χ1v) is 14.4. The first kappa shape index (κ1) is 34.8. The number of carbonyl (C=O) groups is 4. The minimum absolute atomic E-state index is 0.0576. The second kappa shape index (κ2) is 13.1. The smallest absolute Gasteiger partial charge is 0.424 e. The molecule has 0 saturated carbocycles. The minimum atomic E-state index is -1.17. The number of anilines is 1. The van der Waals surface area contributed by atoms with E-state index in [1.807, 2.05) is 0 Å². The maximum atomic E-state index is 14.9. The molecule has 45 heavy (non-hydrogen) atoms. The Morgan fingerprint density at radius 2 is 1.33 bits per heavy atom. The molecule has 1 aromatic carbocycles. The number of hydrogen-bond acceptors (Lipinski definition) is 10. The molecule has 0 N–H and O–H groups in total. The molecule has 0 saturated heterocycles. The molecule has 0 bridgehead atoms. The second-order valence-corrected chi connectivity index (χ2v) is 13.2. The zero-order valence-electron chi connectivity index (χ0n) is 27.4. The average Bonchev–Trinajstić information content (AvgIpc) is 2.88. The van der Waals surface area contributed by atoms with Crippen LogP contribution in [-0.4, -0.2) is 67.4 Å². The Hall–Kier alpha value is -4.68. The van der Waals surface area contributed by atoms with Gasteiger partial charge in [0.1, 0.15) is 28.8 Å². The van der Waals surface area contributed by atoms with Crippen LogP contribution in [0.1, 0.15) is 86.1 Å². The molecule has 0 atom stereocenters. The summed E-state index contributed by atoms with van der Waals surface area (Å²) in [5, 5.41) is 0.360. The van der Waals surface area contributed by atoms with E-state index in [1.54, 1.807) is 75.3 Å². The van der Waals surface area contributed by atoms with Gasteiger partial charge in [0, 0.05) is 29.1 Å². The van der Waals surface area contributed by atoms with Gasteiger partial charge in [-0.2, -0.15) is 4.90 Å². The molecule has 0 aliphatic heterocycles. The summed E-state index contributed by atoms with van der Waals surface area (Å²) in [4.78, 5) is 68.6. The van der Waals surface area contributed by atoms with Crippen LogP contribution in [0.25, 0.3) is 22.0 Å². The van der Waals surface area contributed by atoms with Gasteiger partial charge in [0.05, 0.1) is 11.9 Å². The van der Waals surface area contributed by atoms with Crippen molar-refractivity contribution in [3.8, 4) is 11.3 Å². The molecule has 13 heteroatoms.